The third kappa shape index (κ3) is 7.74. The van der Waals surface area contributed by atoms with E-state index in [0.29, 0.717) is 19.7 Å². The maximum atomic E-state index is 10.5. The van der Waals surface area contributed by atoms with Gasteiger partial charge in [-0.25, -0.2) is 0 Å². The lowest BCUT2D eigenvalue weighted by atomic mass is 10.4. The summed E-state index contributed by atoms with van der Waals surface area (Å²) in [6.45, 7) is 6.33. The number of nitrogens with zero attached hydrogens (tertiary/aromatic N) is 1. The standard InChI is InChI=1S/C9H19NO3/c1-3-4-10(5-7-11)6-8-13-9(2)12/h11H,3-8H2,1-2H3. The van der Waals surface area contributed by atoms with E-state index in [-0.39, 0.29) is 12.6 Å². The molecule has 0 fully saturated rings. The molecule has 0 aliphatic rings. The van der Waals surface area contributed by atoms with Gasteiger partial charge in [-0.3, -0.25) is 9.69 Å². The van der Waals surface area contributed by atoms with Gasteiger partial charge in [0.25, 0.3) is 0 Å². The van der Waals surface area contributed by atoms with Crippen LogP contribution < -0.4 is 0 Å². The predicted molar refractivity (Wildman–Crippen MR) is 50.4 cm³/mol. The first-order valence-electron chi connectivity index (χ1n) is 4.67. The molecule has 0 bridgehead atoms. The summed E-state index contributed by atoms with van der Waals surface area (Å²) in [6, 6.07) is 0. The van der Waals surface area contributed by atoms with Crippen molar-refractivity contribution in [1.82, 2.24) is 4.90 Å². The lowest BCUT2D eigenvalue weighted by molar-refractivity contribution is -0.141. The molecule has 78 valence electrons. The van der Waals surface area contributed by atoms with Gasteiger partial charge in [-0.15, -0.1) is 0 Å². The van der Waals surface area contributed by atoms with Gasteiger partial charge in [0.15, 0.2) is 0 Å². The number of aliphatic hydroxyl groups excluding tert-OH is 1. The molecule has 0 aliphatic heterocycles. The molecule has 0 unspecified atom stereocenters. The van der Waals surface area contributed by atoms with Crippen LogP contribution in [0.15, 0.2) is 0 Å². The highest BCUT2D eigenvalue weighted by molar-refractivity contribution is 5.65. The Kier molecular flexibility index (Phi) is 7.63. The number of rotatable bonds is 7. The molecule has 0 aromatic carbocycles. The Morgan fingerprint density at radius 3 is 2.54 bits per heavy atom. The van der Waals surface area contributed by atoms with Gasteiger partial charge in [-0.2, -0.15) is 0 Å². The summed E-state index contributed by atoms with van der Waals surface area (Å²) in [5.41, 5.74) is 0. The Morgan fingerprint density at radius 1 is 1.38 bits per heavy atom. The summed E-state index contributed by atoms with van der Waals surface area (Å²) in [5, 5.41) is 8.72. The minimum atomic E-state index is -0.250. The fraction of sp³-hybridized carbons (Fsp3) is 0.889. The van der Waals surface area contributed by atoms with Gasteiger partial charge in [-0.05, 0) is 13.0 Å². The summed E-state index contributed by atoms with van der Waals surface area (Å²) >= 11 is 0. The average molecular weight is 189 g/mol. The molecule has 0 radical (unpaired) electrons. The number of carbonyl (C=O) groups is 1. The second kappa shape index (κ2) is 8.01. The molecule has 0 aromatic heterocycles. The van der Waals surface area contributed by atoms with Gasteiger partial charge in [0.2, 0.25) is 0 Å². The van der Waals surface area contributed by atoms with E-state index >= 15 is 0 Å². The minimum Gasteiger partial charge on any atom is -0.465 e. The SMILES string of the molecule is CCCN(CCO)CCOC(C)=O. The van der Waals surface area contributed by atoms with Gasteiger partial charge in [0.1, 0.15) is 6.61 Å². The molecule has 0 saturated carbocycles. The Balaban J connectivity index is 3.49. The van der Waals surface area contributed by atoms with Gasteiger partial charge >= 0.3 is 5.97 Å². The summed E-state index contributed by atoms with van der Waals surface area (Å²) in [5.74, 6) is -0.250. The van der Waals surface area contributed by atoms with Crippen molar-refractivity contribution in [2.24, 2.45) is 0 Å². The van der Waals surface area contributed by atoms with E-state index in [2.05, 4.69) is 11.8 Å². The van der Waals surface area contributed by atoms with Crippen molar-refractivity contribution in [2.75, 3.05) is 32.8 Å². The number of carbonyl (C=O) groups excluding carboxylic acids is 1. The van der Waals surface area contributed by atoms with Gasteiger partial charge < -0.3 is 9.84 Å². The first kappa shape index (κ1) is 12.4. The zero-order valence-electron chi connectivity index (χ0n) is 8.45. The third-order valence-electron chi connectivity index (χ3n) is 1.67. The number of esters is 1. The van der Waals surface area contributed by atoms with E-state index in [1.807, 2.05) is 0 Å². The Labute approximate surface area is 79.5 Å². The molecule has 0 aromatic rings. The maximum Gasteiger partial charge on any atom is 0.302 e. The lowest BCUT2D eigenvalue weighted by Gasteiger charge is -2.19. The molecular formula is C9H19NO3. The third-order valence-corrected chi connectivity index (χ3v) is 1.67. The van der Waals surface area contributed by atoms with Crippen molar-refractivity contribution < 1.29 is 14.6 Å². The van der Waals surface area contributed by atoms with Crippen LogP contribution in [0.1, 0.15) is 20.3 Å². The first-order chi connectivity index (χ1) is 6.20. The summed E-state index contributed by atoms with van der Waals surface area (Å²) in [4.78, 5) is 12.5. The second-order valence-corrected chi connectivity index (χ2v) is 2.91. The molecule has 13 heavy (non-hydrogen) atoms. The summed E-state index contributed by atoms with van der Waals surface area (Å²) in [6.07, 6.45) is 1.04. The van der Waals surface area contributed by atoms with Crippen LogP contribution in [-0.4, -0.2) is 48.8 Å². The van der Waals surface area contributed by atoms with Crippen LogP contribution in [0.3, 0.4) is 0 Å². The molecule has 4 nitrogen and oxygen atoms in total. The van der Waals surface area contributed by atoms with Crippen molar-refractivity contribution in [1.29, 1.82) is 0 Å². The molecule has 0 rings (SSSR count). The van der Waals surface area contributed by atoms with Gasteiger partial charge in [0, 0.05) is 20.0 Å². The predicted octanol–water partition coefficient (Wildman–Crippen LogP) is 0.254. The van der Waals surface area contributed by atoms with Crippen LogP contribution in [0.2, 0.25) is 0 Å². The van der Waals surface area contributed by atoms with E-state index in [9.17, 15) is 4.79 Å². The molecule has 1 N–H and O–H groups in total. The van der Waals surface area contributed by atoms with E-state index < -0.39 is 0 Å². The van der Waals surface area contributed by atoms with Crippen LogP contribution in [0.5, 0.6) is 0 Å². The minimum absolute atomic E-state index is 0.153. The monoisotopic (exact) mass is 189 g/mol. The van der Waals surface area contributed by atoms with E-state index in [0.717, 1.165) is 13.0 Å². The highest BCUT2D eigenvalue weighted by atomic mass is 16.5. The fourth-order valence-electron chi connectivity index (χ4n) is 1.11. The van der Waals surface area contributed by atoms with Crippen molar-refractivity contribution in [3.63, 3.8) is 0 Å². The quantitative estimate of drug-likeness (QED) is 0.583. The van der Waals surface area contributed by atoms with E-state index in [4.69, 9.17) is 9.84 Å². The highest BCUT2D eigenvalue weighted by Crippen LogP contribution is 1.91. The number of hydrogen-bond acceptors (Lipinski definition) is 4. The van der Waals surface area contributed by atoms with Crippen molar-refractivity contribution in [3.8, 4) is 0 Å². The van der Waals surface area contributed by atoms with Crippen LogP contribution >= 0.6 is 0 Å². The highest BCUT2D eigenvalue weighted by Gasteiger charge is 2.02. The summed E-state index contributed by atoms with van der Waals surface area (Å²) < 4.78 is 4.80. The summed E-state index contributed by atoms with van der Waals surface area (Å²) in [7, 11) is 0. The Hall–Kier alpha value is -0.610. The van der Waals surface area contributed by atoms with E-state index in [1.54, 1.807) is 0 Å². The largest absolute Gasteiger partial charge is 0.465 e. The maximum absolute atomic E-state index is 10.5. The van der Waals surface area contributed by atoms with Crippen LogP contribution in [0, 0.1) is 0 Å². The average Bonchev–Trinajstić information content (AvgIpc) is 2.04. The second-order valence-electron chi connectivity index (χ2n) is 2.91. The number of ether oxygens (including phenoxy) is 1. The zero-order valence-corrected chi connectivity index (χ0v) is 8.45. The Bertz CT molecular complexity index is 133. The smallest absolute Gasteiger partial charge is 0.302 e. The molecule has 0 heterocycles. The lowest BCUT2D eigenvalue weighted by Crippen LogP contribution is -2.31. The number of hydrogen-bond donors (Lipinski definition) is 1. The molecule has 0 atom stereocenters. The normalized spacial score (nSPS) is 10.5. The van der Waals surface area contributed by atoms with Crippen LogP contribution in [0.4, 0.5) is 0 Å². The zero-order chi connectivity index (χ0) is 10.1. The van der Waals surface area contributed by atoms with Crippen molar-refractivity contribution in [2.45, 2.75) is 20.3 Å². The van der Waals surface area contributed by atoms with Crippen LogP contribution in [0.25, 0.3) is 0 Å². The molecule has 4 heteroatoms. The molecule has 0 aliphatic carbocycles. The van der Waals surface area contributed by atoms with Crippen molar-refractivity contribution in [3.05, 3.63) is 0 Å². The number of aliphatic hydroxyl groups is 1. The topological polar surface area (TPSA) is 49.8 Å². The Morgan fingerprint density at radius 2 is 2.08 bits per heavy atom. The van der Waals surface area contributed by atoms with E-state index in [1.165, 1.54) is 6.92 Å². The molecular weight excluding hydrogens is 170 g/mol. The first-order valence-corrected chi connectivity index (χ1v) is 4.67. The molecule has 0 amide bonds. The van der Waals surface area contributed by atoms with Crippen molar-refractivity contribution >= 4 is 5.97 Å². The molecule has 0 spiro atoms. The fourth-order valence-corrected chi connectivity index (χ4v) is 1.11. The van der Waals surface area contributed by atoms with Crippen LogP contribution in [-0.2, 0) is 9.53 Å². The van der Waals surface area contributed by atoms with Gasteiger partial charge in [0.05, 0.1) is 6.61 Å². The van der Waals surface area contributed by atoms with Gasteiger partial charge in [-0.1, -0.05) is 6.92 Å². The molecule has 0 saturated heterocycles.